The summed E-state index contributed by atoms with van der Waals surface area (Å²) in [6, 6.07) is 6.05. The molecule has 106 valence electrons. The van der Waals surface area contributed by atoms with Gasteiger partial charge in [-0.1, -0.05) is 13.3 Å². The highest BCUT2D eigenvalue weighted by Crippen LogP contribution is 2.12. The summed E-state index contributed by atoms with van der Waals surface area (Å²) in [6.07, 6.45) is 1.35. The number of aliphatic hydroxyl groups is 1. The predicted octanol–water partition coefficient (Wildman–Crippen LogP) is 1.94. The first-order chi connectivity index (χ1) is 9.13. The van der Waals surface area contributed by atoms with E-state index in [4.69, 9.17) is 14.6 Å². The maximum Gasteiger partial charge on any atom is 0.335 e. The molecule has 1 aromatic rings. The van der Waals surface area contributed by atoms with Crippen LogP contribution in [-0.2, 0) is 4.74 Å². The molecule has 1 unspecified atom stereocenters. The average Bonchev–Trinajstić information content (AvgIpc) is 2.42. The van der Waals surface area contributed by atoms with E-state index in [0.29, 0.717) is 12.4 Å². The SMILES string of the molecule is CCCCOCC(O)COc1ccc(C(=O)O)cc1. The van der Waals surface area contributed by atoms with Gasteiger partial charge in [-0.05, 0) is 30.7 Å². The summed E-state index contributed by atoms with van der Waals surface area (Å²) >= 11 is 0. The highest BCUT2D eigenvalue weighted by Gasteiger charge is 2.06. The van der Waals surface area contributed by atoms with Gasteiger partial charge in [-0.3, -0.25) is 0 Å². The third-order valence-corrected chi connectivity index (χ3v) is 2.50. The van der Waals surface area contributed by atoms with Crippen molar-refractivity contribution in [3.05, 3.63) is 29.8 Å². The Balaban J connectivity index is 2.25. The van der Waals surface area contributed by atoms with Crippen molar-refractivity contribution in [1.29, 1.82) is 0 Å². The van der Waals surface area contributed by atoms with Gasteiger partial charge in [0.25, 0.3) is 0 Å². The molecule has 0 aliphatic carbocycles. The van der Waals surface area contributed by atoms with Crippen molar-refractivity contribution in [3.63, 3.8) is 0 Å². The number of ether oxygens (including phenoxy) is 2. The Morgan fingerprint density at radius 2 is 1.95 bits per heavy atom. The Bertz CT molecular complexity index is 374. The van der Waals surface area contributed by atoms with Crippen LogP contribution in [0.5, 0.6) is 5.75 Å². The van der Waals surface area contributed by atoms with E-state index in [1.54, 1.807) is 12.1 Å². The van der Waals surface area contributed by atoms with Crippen LogP contribution in [0.4, 0.5) is 0 Å². The van der Waals surface area contributed by atoms with Gasteiger partial charge in [-0.25, -0.2) is 4.79 Å². The van der Waals surface area contributed by atoms with Crippen LogP contribution >= 0.6 is 0 Å². The summed E-state index contributed by atoms with van der Waals surface area (Å²) in [4.78, 5) is 10.7. The first kappa shape index (κ1) is 15.5. The Morgan fingerprint density at radius 1 is 1.26 bits per heavy atom. The maximum absolute atomic E-state index is 10.7. The second-order valence-corrected chi connectivity index (χ2v) is 4.22. The molecule has 0 amide bonds. The number of unbranched alkanes of at least 4 members (excludes halogenated alkanes) is 1. The van der Waals surface area contributed by atoms with Crippen LogP contribution in [0, 0.1) is 0 Å². The zero-order valence-corrected chi connectivity index (χ0v) is 11.0. The predicted molar refractivity (Wildman–Crippen MR) is 70.6 cm³/mol. The fourth-order valence-electron chi connectivity index (χ4n) is 1.40. The molecule has 0 radical (unpaired) electrons. The van der Waals surface area contributed by atoms with E-state index in [1.165, 1.54) is 12.1 Å². The molecule has 0 bridgehead atoms. The second kappa shape index (κ2) is 8.50. The van der Waals surface area contributed by atoms with Gasteiger partial charge >= 0.3 is 5.97 Å². The Kier molecular flexibility index (Phi) is 6.92. The van der Waals surface area contributed by atoms with E-state index >= 15 is 0 Å². The van der Waals surface area contributed by atoms with Crippen LogP contribution in [0.25, 0.3) is 0 Å². The van der Waals surface area contributed by atoms with Crippen LogP contribution in [0.15, 0.2) is 24.3 Å². The molecule has 0 aliphatic heterocycles. The van der Waals surface area contributed by atoms with E-state index in [2.05, 4.69) is 6.92 Å². The number of benzene rings is 1. The van der Waals surface area contributed by atoms with E-state index in [9.17, 15) is 9.90 Å². The number of carbonyl (C=O) groups is 1. The monoisotopic (exact) mass is 268 g/mol. The lowest BCUT2D eigenvalue weighted by Gasteiger charge is -2.12. The third kappa shape index (κ3) is 6.22. The van der Waals surface area contributed by atoms with Crippen molar-refractivity contribution in [2.75, 3.05) is 19.8 Å². The maximum atomic E-state index is 10.7. The first-order valence-electron chi connectivity index (χ1n) is 6.35. The van der Waals surface area contributed by atoms with E-state index < -0.39 is 12.1 Å². The molecular formula is C14H20O5. The number of aromatic carboxylic acids is 1. The van der Waals surface area contributed by atoms with Crippen molar-refractivity contribution >= 4 is 5.97 Å². The highest BCUT2D eigenvalue weighted by molar-refractivity contribution is 5.87. The Hall–Kier alpha value is -1.59. The number of carboxylic acid groups (broad SMARTS) is 1. The molecule has 0 heterocycles. The quantitative estimate of drug-likeness (QED) is 0.669. The smallest absolute Gasteiger partial charge is 0.335 e. The van der Waals surface area contributed by atoms with E-state index in [0.717, 1.165) is 12.8 Å². The van der Waals surface area contributed by atoms with Crippen molar-refractivity contribution in [2.24, 2.45) is 0 Å². The molecule has 0 aliphatic rings. The van der Waals surface area contributed by atoms with Gasteiger partial charge in [-0.2, -0.15) is 0 Å². The van der Waals surface area contributed by atoms with E-state index in [-0.39, 0.29) is 18.8 Å². The number of hydrogen-bond donors (Lipinski definition) is 2. The summed E-state index contributed by atoms with van der Waals surface area (Å²) in [5.41, 5.74) is 0.204. The van der Waals surface area contributed by atoms with Crippen LogP contribution in [-0.4, -0.2) is 42.1 Å². The average molecular weight is 268 g/mol. The highest BCUT2D eigenvalue weighted by atomic mass is 16.5. The first-order valence-corrected chi connectivity index (χ1v) is 6.35. The summed E-state index contributed by atoms with van der Waals surface area (Å²) in [6.45, 7) is 3.08. The molecule has 0 aromatic heterocycles. The third-order valence-electron chi connectivity index (χ3n) is 2.50. The second-order valence-electron chi connectivity index (χ2n) is 4.22. The summed E-state index contributed by atoms with van der Waals surface area (Å²) in [5, 5.41) is 18.3. The molecule has 19 heavy (non-hydrogen) atoms. The van der Waals surface area contributed by atoms with E-state index in [1.807, 2.05) is 0 Å². The summed E-state index contributed by atoms with van der Waals surface area (Å²) in [7, 11) is 0. The van der Waals surface area contributed by atoms with Crippen molar-refractivity contribution in [2.45, 2.75) is 25.9 Å². The van der Waals surface area contributed by atoms with Gasteiger partial charge in [0.05, 0.1) is 12.2 Å². The molecule has 1 rings (SSSR count). The van der Waals surface area contributed by atoms with Gasteiger partial charge in [0.1, 0.15) is 18.5 Å². The molecule has 1 atom stereocenters. The molecule has 0 spiro atoms. The van der Waals surface area contributed by atoms with Crippen LogP contribution in [0.3, 0.4) is 0 Å². The van der Waals surface area contributed by atoms with Crippen molar-refractivity contribution in [3.8, 4) is 5.75 Å². The molecule has 0 fully saturated rings. The van der Waals surface area contributed by atoms with Gasteiger partial charge < -0.3 is 19.7 Å². The zero-order valence-electron chi connectivity index (χ0n) is 11.0. The lowest BCUT2D eigenvalue weighted by Crippen LogP contribution is -2.23. The number of aliphatic hydroxyl groups excluding tert-OH is 1. The number of carboxylic acids is 1. The summed E-state index contributed by atoms with van der Waals surface area (Å²) in [5.74, 6) is -0.450. The number of hydrogen-bond acceptors (Lipinski definition) is 4. The lowest BCUT2D eigenvalue weighted by molar-refractivity contribution is 0.0113. The molecule has 1 aromatic carbocycles. The topological polar surface area (TPSA) is 76.0 Å². The molecule has 5 heteroatoms. The molecular weight excluding hydrogens is 248 g/mol. The minimum Gasteiger partial charge on any atom is -0.491 e. The van der Waals surface area contributed by atoms with Crippen LogP contribution in [0.2, 0.25) is 0 Å². The van der Waals surface area contributed by atoms with Crippen LogP contribution in [0.1, 0.15) is 30.1 Å². The molecule has 2 N–H and O–H groups in total. The normalized spacial score (nSPS) is 12.1. The summed E-state index contributed by atoms with van der Waals surface area (Å²) < 4.78 is 10.6. The molecule has 5 nitrogen and oxygen atoms in total. The van der Waals surface area contributed by atoms with Crippen LogP contribution < -0.4 is 4.74 Å². The minimum atomic E-state index is -0.976. The number of rotatable bonds is 9. The molecule has 0 saturated heterocycles. The Labute approximate surface area is 112 Å². The Morgan fingerprint density at radius 3 is 2.53 bits per heavy atom. The largest absolute Gasteiger partial charge is 0.491 e. The van der Waals surface area contributed by atoms with Gasteiger partial charge in [0.15, 0.2) is 0 Å². The zero-order chi connectivity index (χ0) is 14.1. The van der Waals surface area contributed by atoms with Crippen molar-refractivity contribution in [1.82, 2.24) is 0 Å². The fraction of sp³-hybridized carbons (Fsp3) is 0.500. The van der Waals surface area contributed by atoms with Crippen molar-refractivity contribution < 1.29 is 24.5 Å². The molecule has 0 saturated carbocycles. The fourth-order valence-corrected chi connectivity index (χ4v) is 1.40. The van der Waals surface area contributed by atoms with Gasteiger partial charge in [0, 0.05) is 6.61 Å². The van der Waals surface area contributed by atoms with Gasteiger partial charge in [-0.15, -0.1) is 0 Å². The van der Waals surface area contributed by atoms with Gasteiger partial charge in [0.2, 0.25) is 0 Å². The minimum absolute atomic E-state index is 0.124. The standard InChI is InChI=1S/C14H20O5/c1-2-3-8-18-9-12(15)10-19-13-6-4-11(5-7-13)14(16)17/h4-7,12,15H,2-3,8-10H2,1H3,(H,16,17). The lowest BCUT2D eigenvalue weighted by atomic mass is 10.2.